The van der Waals surface area contributed by atoms with E-state index < -0.39 is 16.9 Å². The monoisotopic (exact) mass is 251 g/mol. The van der Waals surface area contributed by atoms with Crippen molar-refractivity contribution in [2.45, 2.75) is 26.8 Å². The fraction of sp³-hybridized carbons (Fsp3) is 0.417. The highest BCUT2D eigenvalue weighted by atomic mass is 16.6. The van der Waals surface area contributed by atoms with Crippen LogP contribution in [0, 0.1) is 23.0 Å². The van der Waals surface area contributed by atoms with Gasteiger partial charge >= 0.3 is 0 Å². The Kier molecular flexibility index (Phi) is 4.25. The molecule has 0 aliphatic rings. The van der Waals surface area contributed by atoms with E-state index >= 15 is 0 Å². The van der Waals surface area contributed by atoms with Crippen molar-refractivity contribution in [1.29, 1.82) is 0 Å². The number of nitrogens with one attached hydrogen (secondary N) is 1. The standard InChI is InChI=1S/C12H17N3O3/c1-7(2)10(12(13)16)14-11-8(3)5-4-6-9(11)15(17)18/h4-7,10,14H,1-3H3,(H2,13,16). The average Bonchev–Trinajstić information content (AvgIpc) is 2.25. The molecule has 98 valence electrons. The third-order valence-electron chi connectivity index (χ3n) is 2.72. The normalized spacial score (nSPS) is 12.2. The molecule has 0 spiro atoms. The summed E-state index contributed by atoms with van der Waals surface area (Å²) in [6.45, 7) is 5.40. The summed E-state index contributed by atoms with van der Waals surface area (Å²) in [7, 11) is 0. The van der Waals surface area contributed by atoms with Crippen LogP contribution in [0.4, 0.5) is 11.4 Å². The first kappa shape index (κ1) is 14.0. The van der Waals surface area contributed by atoms with Crippen LogP contribution >= 0.6 is 0 Å². The van der Waals surface area contributed by atoms with Crippen molar-refractivity contribution in [3.8, 4) is 0 Å². The van der Waals surface area contributed by atoms with Gasteiger partial charge in [-0.2, -0.15) is 0 Å². The van der Waals surface area contributed by atoms with Crippen LogP contribution in [0.1, 0.15) is 19.4 Å². The number of carbonyl (C=O) groups excluding carboxylic acids is 1. The maximum Gasteiger partial charge on any atom is 0.292 e. The summed E-state index contributed by atoms with van der Waals surface area (Å²) in [6.07, 6.45) is 0. The topological polar surface area (TPSA) is 98.3 Å². The summed E-state index contributed by atoms with van der Waals surface area (Å²) in [6, 6.07) is 4.11. The summed E-state index contributed by atoms with van der Waals surface area (Å²) >= 11 is 0. The summed E-state index contributed by atoms with van der Waals surface area (Å²) in [4.78, 5) is 21.8. The molecule has 0 heterocycles. The van der Waals surface area contributed by atoms with Crippen molar-refractivity contribution < 1.29 is 9.72 Å². The zero-order valence-electron chi connectivity index (χ0n) is 10.6. The third kappa shape index (κ3) is 2.97. The zero-order valence-corrected chi connectivity index (χ0v) is 10.6. The van der Waals surface area contributed by atoms with Gasteiger partial charge in [-0.05, 0) is 18.4 Å². The molecule has 0 saturated carbocycles. The van der Waals surface area contributed by atoms with Gasteiger partial charge < -0.3 is 11.1 Å². The van der Waals surface area contributed by atoms with E-state index in [9.17, 15) is 14.9 Å². The number of anilines is 1. The van der Waals surface area contributed by atoms with Crippen molar-refractivity contribution in [2.75, 3.05) is 5.32 Å². The largest absolute Gasteiger partial charge is 0.368 e. The fourth-order valence-electron chi connectivity index (χ4n) is 1.71. The van der Waals surface area contributed by atoms with E-state index in [1.165, 1.54) is 6.07 Å². The smallest absolute Gasteiger partial charge is 0.292 e. The minimum Gasteiger partial charge on any atom is -0.368 e. The number of amides is 1. The molecule has 1 rings (SSSR count). The molecule has 0 bridgehead atoms. The molecule has 1 amide bonds. The van der Waals surface area contributed by atoms with Crippen molar-refractivity contribution in [3.05, 3.63) is 33.9 Å². The molecule has 18 heavy (non-hydrogen) atoms. The number of hydrogen-bond acceptors (Lipinski definition) is 4. The van der Waals surface area contributed by atoms with Gasteiger partial charge in [0.1, 0.15) is 11.7 Å². The maximum absolute atomic E-state index is 11.3. The van der Waals surface area contributed by atoms with Gasteiger partial charge in [-0.1, -0.05) is 26.0 Å². The van der Waals surface area contributed by atoms with Crippen LogP contribution in [0.15, 0.2) is 18.2 Å². The number of hydrogen-bond donors (Lipinski definition) is 2. The van der Waals surface area contributed by atoms with Gasteiger partial charge in [0.15, 0.2) is 0 Å². The number of nitrogens with two attached hydrogens (primary N) is 1. The Morgan fingerprint density at radius 1 is 1.44 bits per heavy atom. The second kappa shape index (κ2) is 5.48. The van der Waals surface area contributed by atoms with E-state index in [0.29, 0.717) is 11.3 Å². The van der Waals surface area contributed by atoms with Crippen LogP contribution in [0.5, 0.6) is 0 Å². The summed E-state index contributed by atoms with van der Waals surface area (Å²) in [5.74, 6) is -0.579. The molecule has 6 heteroatoms. The van der Waals surface area contributed by atoms with Crippen molar-refractivity contribution >= 4 is 17.3 Å². The third-order valence-corrected chi connectivity index (χ3v) is 2.72. The number of carbonyl (C=O) groups is 1. The Morgan fingerprint density at radius 2 is 2.06 bits per heavy atom. The summed E-state index contributed by atoms with van der Waals surface area (Å²) < 4.78 is 0. The van der Waals surface area contributed by atoms with Gasteiger partial charge in [0.05, 0.1) is 4.92 Å². The summed E-state index contributed by atoms with van der Waals surface area (Å²) in [5, 5.41) is 13.8. The Labute approximate surface area is 105 Å². The van der Waals surface area contributed by atoms with Crippen molar-refractivity contribution in [1.82, 2.24) is 0 Å². The van der Waals surface area contributed by atoms with E-state index in [1.807, 2.05) is 13.8 Å². The molecule has 1 atom stereocenters. The van der Waals surface area contributed by atoms with Gasteiger partial charge in [-0.25, -0.2) is 0 Å². The molecule has 3 N–H and O–H groups in total. The molecule has 0 aliphatic carbocycles. The predicted molar refractivity (Wildman–Crippen MR) is 69.3 cm³/mol. The van der Waals surface area contributed by atoms with E-state index in [2.05, 4.69) is 5.32 Å². The minimum atomic E-state index is -0.634. The first-order valence-corrected chi connectivity index (χ1v) is 5.64. The van der Waals surface area contributed by atoms with Crippen LogP contribution in [0.3, 0.4) is 0 Å². The molecule has 0 aliphatic heterocycles. The molecule has 1 unspecified atom stereocenters. The maximum atomic E-state index is 11.3. The number of nitro groups is 1. The number of rotatable bonds is 5. The molecule has 0 fully saturated rings. The van der Waals surface area contributed by atoms with E-state index in [0.717, 1.165) is 0 Å². The van der Waals surface area contributed by atoms with E-state index in [1.54, 1.807) is 19.1 Å². The van der Waals surface area contributed by atoms with Crippen LogP contribution in [-0.4, -0.2) is 16.9 Å². The molecule has 1 aromatic rings. The Bertz CT molecular complexity index is 472. The van der Waals surface area contributed by atoms with Gasteiger partial charge in [-0.15, -0.1) is 0 Å². The Balaban J connectivity index is 3.16. The second-order valence-corrected chi connectivity index (χ2v) is 4.49. The van der Waals surface area contributed by atoms with Crippen molar-refractivity contribution in [2.24, 2.45) is 11.7 Å². The lowest BCUT2D eigenvalue weighted by molar-refractivity contribution is -0.384. The predicted octanol–water partition coefficient (Wildman–Crippen LogP) is 1.83. The van der Waals surface area contributed by atoms with Crippen LogP contribution in [0.25, 0.3) is 0 Å². The highest BCUT2D eigenvalue weighted by Gasteiger charge is 2.24. The number of nitrogens with zero attached hydrogens (tertiary/aromatic N) is 1. The first-order valence-electron chi connectivity index (χ1n) is 5.64. The lowest BCUT2D eigenvalue weighted by atomic mass is 10.0. The van der Waals surface area contributed by atoms with Gasteiger partial charge in [0.2, 0.25) is 5.91 Å². The zero-order chi connectivity index (χ0) is 13.9. The van der Waals surface area contributed by atoms with Gasteiger partial charge in [0, 0.05) is 6.07 Å². The Morgan fingerprint density at radius 3 is 2.50 bits per heavy atom. The molecule has 6 nitrogen and oxygen atoms in total. The second-order valence-electron chi connectivity index (χ2n) is 4.49. The molecular formula is C12H17N3O3. The van der Waals surface area contributed by atoms with Gasteiger partial charge in [-0.3, -0.25) is 14.9 Å². The number of primary amides is 1. The molecular weight excluding hydrogens is 234 g/mol. The molecule has 0 saturated heterocycles. The average molecular weight is 251 g/mol. The van der Waals surface area contributed by atoms with Gasteiger partial charge in [0.25, 0.3) is 5.69 Å². The van der Waals surface area contributed by atoms with E-state index in [4.69, 9.17) is 5.73 Å². The summed E-state index contributed by atoms with van der Waals surface area (Å²) in [5.41, 5.74) is 6.29. The SMILES string of the molecule is Cc1cccc([N+](=O)[O-])c1NC(C(N)=O)C(C)C. The minimum absolute atomic E-state index is 0.0538. The van der Waals surface area contributed by atoms with Crippen molar-refractivity contribution in [3.63, 3.8) is 0 Å². The fourth-order valence-corrected chi connectivity index (χ4v) is 1.71. The lowest BCUT2D eigenvalue weighted by Gasteiger charge is -2.21. The number of benzene rings is 1. The molecule has 0 radical (unpaired) electrons. The molecule has 0 aromatic heterocycles. The highest BCUT2D eigenvalue weighted by molar-refractivity contribution is 5.84. The van der Waals surface area contributed by atoms with E-state index in [-0.39, 0.29) is 11.6 Å². The number of aryl methyl sites for hydroxylation is 1. The lowest BCUT2D eigenvalue weighted by Crippen LogP contribution is -2.39. The number of nitro benzene ring substituents is 1. The first-order chi connectivity index (χ1) is 8.34. The molecule has 1 aromatic carbocycles. The van der Waals surface area contributed by atoms with Crippen LogP contribution in [0.2, 0.25) is 0 Å². The number of para-hydroxylation sites is 1. The highest BCUT2D eigenvalue weighted by Crippen LogP contribution is 2.29. The Hall–Kier alpha value is -2.11. The van der Waals surface area contributed by atoms with Crippen LogP contribution < -0.4 is 11.1 Å². The van der Waals surface area contributed by atoms with Crippen LogP contribution in [-0.2, 0) is 4.79 Å². The quantitative estimate of drug-likeness (QED) is 0.616.